The molecule has 0 aromatic heterocycles. The molecule has 0 bridgehead atoms. The Morgan fingerprint density at radius 3 is 1.12 bits per heavy atom. The number of carbonyl (C=O) groups is 2. The predicted molar refractivity (Wildman–Crippen MR) is 356 cm³/mol. The fourth-order valence-electron chi connectivity index (χ4n) is 10.8. The molecule has 0 saturated carbocycles. The van der Waals surface area contributed by atoms with E-state index in [9.17, 15) is 19.0 Å². The van der Waals surface area contributed by atoms with E-state index < -0.39 is 20.0 Å². The molecule has 0 radical (unpaired) electrons. The molecule has 0 aromatic rings. The molecule has 2 N–H and O–H groups in total. The van der Waals surface area contributed by atoms with E-state index in [-0.39, 0.29) is 25.1 Å². The molecule has 3 atom stereocenters. The molecular formula is C72H140N2O7P+. The zero-order valence-corrected chi connectivity index (χ0v) is 56.4. The number of ether oxygens (including phenoxy) is 1. The van der Waals surface area contributed by atoms with Crippen molar-refractivity contribution in [1.29, 1.82) is 0 Å². The lowest BCUT2D eigenvalue weighted by Crippen LogP contribution is -2.47. The maximum atomic E-state index is 13.6. The van der Waals surface area contributed by atoms with Gasteiger partial charge in [-0.3, -0.25) is 18.6 Å². The molecular weight excluding hydrogens is 1040 g/mol. The Hall–Kier alpha value is -1.77. The lowest BCUT2D eigenvalue weighted by atomic mass is 10.0. The Kier molecular flexibility index (Phi) is 60.9. The first kappa shape index (κ1) is 80.2. The van der Waals surface area contributed by atoms with Gasteiger partial charge in [-0.15, -0.1) is 0 Å². The van der Waals surface area contributed by atoms with Crippen LogP contribution in [0.25, 0.3) is 0 Å². The van der Waals surface area contributed by atoms with Crippen molar-refractivity contribution >= 4 is 19.7 Å². The number of allylic oxidation sites excluding steroid dienone is 5. The van der Waals surface area contributed by atoms with Crippen LogP contribution in [-0.2, 0) is 27.9 Å². The number of nitrogens with zero attached hydrogens (tertiary/aromatic N) is 1. The molecule has 0 heterocycles. The third kappa shape index (κ3) is 62.8. The average molecular weight is 1180 g/mol. The third-order valence-corrected chi connectivity index (χ3v) is 17.3. The summed E-state index contributed by atoms with van der Waals surface area (Å²) >= 11 is 0. The molecule has 484 valence electrons. The lowest BCUT2D eigenvalue weighted by Gasteiger charge is -2.27. The van der Waals surface area contributed by atoms with Gasteiger partial charge in [0.2, 0.25) is 5.91 Å². The van der Waals surface area contributed by atoms with Crippen LogP contribution >= 0.6 is 7.82 Å². The molecule has 0 aliphatic rings. The molecule has 0 aromatic carbocycles. The summed E-state index contributed by atoms with van der Waals surface area (Å²) in [7, 11) is 1.52. The topological polar surface area (TPSA) is 111 Å². The molecule has 3 unspecified atom stereocenters. The van der Waals surface area contributed by atoms with Gasteiger partial charge in [-0.25, -0.2) is 4.57 Å². The maximum Gasteiger partial charge on any atom is 0.472 e. The van der Waals surface area contributed by atoms with Gasteiger partial charge in [0.15, 0.2) is 0 Å². The second kappa shape index (κ2) is 62.3. The largest absolute Gasteiger partial charge is 0.472 e. The standard InChI is InChI=1S/C72H139N2O7P/c1-7-10-13-16-19-22-25-28-30-32-34-35-36-37-38-39-41-43-45-47-50-53-56-59-62-65-72(76)81-70(63-60-57-54-51-48-27-24-21-18-15-12-9-3)69(68-80-82(77,78)79-67-66-74(4,5)6)73-71(75)64-61-58-55-52-49-46-44-42-40-33-31-29-26-23-20-17-14-11-8-2/h19,22,28,30,60,63,69-70H,7-18,20-21,23-27,29,31-59,61-62,64-68H2,1-6H3,(H-,73,75,77,78)/p+1/b22-19-,30-28-,63-60+. The zero-order chi connectivity index (χ0) is 60.0. The van der Waals surface area contributed by atoms with Crippen LogP contribution in [0.4, 0.5) is 0 Å². The monoisotopic (exact) mass is 1180 g/mol. The Morgan fingerprint density at radius 1 is 0.427 bits per heavy atom. The summed E-state index contributed by atoms with van der Waals surface area (Å²) in [5, 5.41) is 3.08. The van der Waals surface area contributed by atoms with Crippen LogP contribution in [0.2, 0.25) is 0 Å². The van der Waals surface area contributed by atoms with Crippen molar-refractivity contribution in [2.75, 3.05) is 40.9 Å². The van der Waals surface area contributed by atoms with Crippen molar-refractivity contribution in [3.05, 3.63) is 36.5 Å². The predicted octanol–water partition coefficient (Wildman–Crippen LogP) is 22.6. The summed E-state index contributed by atoms with van der Waals surface area (Å²) < 4.78 is 30.8. The molecule has 0 saturated heterocycles. The molecule has 9 nitrogen and oxygen atoms in total. The van der Waals surface area contributed by atoms with E-state index in [4.69, 9.17) is 13.8 Å². The molecule has 0 aliphatic heterocycles. The molecule has 1 amide bonds. The van der Waals surface area contributed by atoms with Crippen molar-refractivity contribution < 1.29 is 37.3 Å². The van der Waals surface area contributed by atoms with Crippen molar-refractivity contribution in [2.24, 2.45) is 0 Å². The average Bonchev–Trinajstić information content (AvgIpc) is 3.44. The molecule has 0 rings (SSSR count). The normalized spacial score (nSPS) is 13.7. The van der Waals surface area contributed by atoms with Gasteiger partial charge in [-0.2, -0.15) is 0 Å². The summed E-state index contributed by atoms with van der Waals surface area (Å²) in [4.78, 5) is 37.9. The van der Waals surface area contributed by atoms with E-state index in [0.29, 0.717) is 23.9 Å². The van der Waals surface area contributed by atoms with Crippen LogP contribution in [0, 0.1) is 0 Å². The Morgan fingerprint density at radius 2 is 0.744 bits per heavy atom. The number of unbranched alkanes of at least 4 members (excludes halogenated alkanes) is 46. The number of nitrogens with one attached hydrogen (secondary N) is 1. The van der Waals surface area contributed by atoms with E-state index in [1.165, 1.54) is 263 Å². The third-order valence-electron chi connectivity index (χ3n) is 16.3. The highest BCUT2D eigenvalue weighted by Crippen LogP contribution is 2.43. The maximum absolute atomic E-state index is 13.6. The van der Waals surface area contributed by atoms with E-state index in [0.717, 1.165) is 64.2 Å². The van der Waals surface area contributed by atoms with Gasteiger partial charge in [-0.1, -0.05) is 321 Å². The number of hydrogen-bond acceptors (Lipinski definition) is 6. The Balaban J connectivity index is 5.02. The Labute approximate surface area is 510 Å². The summed E-state index contributed by atoms with van der Waals surface area (Å²) in [6.45, 7) is 7.05. The first-order chi connectivity index (χ1) is 39.9. The van der Waals surface area contributed by atoms with E-state index in [1.54, 1.807) is 0 Å². The second-order valence-corrected chi connectivity index (χ2v) is 27.2. The number of rotatable bonds is 66. The van der Waals surface area contributed by atoms with Crippen molar-refractivity contribution in [3.8, 4) is 0 Å². The number of carbonyl (C=O) groups excluding carboxylic acids is 2. The molecule has 0 spiro atoms. The smallest absolute Gasteiger partial charge is 0.456 e. The quantitative estimate of drug-likeness (QED) is 0.0205. The van der Waals surface area contributed by atoms with Crippen molar-refractivity contribution in [3.63, 3.8) is 0 Å². The van der Waals surface area contributed by atoms with Crippen LogP contribution < -0.4 is 5.32 Å². The van der Waals surface area contributed by atoms with Crippen LogP contribution in [0.15, 0.2) is 36.5 Å². The number of quaternary nitrogens is 1. The molecule has 10 heteroatoms. The van der Waals surface area contributed by atoms with Gasteiger partial charge in [0.05, 0.1) is 33.8 Å². The number of likely N-dealkylation sites (N-methyl/N-ethyl adjacent to an activating group) is 1. The van der Waals surface area contributed by atoms with Crippen molar-refractivity contribution in [1.82, 2.24) is 5.32 Å². The van der Waals surface area contributed by atoms with Crippen molar-refractivity contribution in [2.45, 2.75) is 373 Å². The van der Waals surface area contributed by atoms with Gasteiger partial charge in [0, 0.05) is 12.8 Å². The Bertz CT molecular complexity index is 1500. The summed E-state index contributed by atoms with van der Waals surface area (Å²) in [5.41, 5.74) is 0. The highest BCUT2D eigenvalue weighted by Gasteiger charge is 2.30. The van der Waals surface area contributed by atoms with Crippen LogP contribution in [0.5, 0.6) is 0 Å². The van der Waals surface area contributed by atoms with E-state index in [2.05, 4.69) is 50.4 Å². The second-order valence-electron chi connectivity index (χ2n) is 25.8. The first-order valence-corrected chi connectivity index (χ1v) is 37.3. The van der Waals surface area contributed by atoms with E-state index >= 15 is 0 Å². The number of amides is 1. The van der Waals surface area contributed by atoms with Crippen LogP contribution in [-0.4, -0.2) is 74.3 Å². The minimum atomic E-state index is -4.45. The number of phosphoric acid groups is 1. The van der Waals surface area contributed by atoms with Crippen LogP contribution in [0.3, 0.4) is 0 Å². The minimum Gasteiger partial charge on any atom is -0.456 e. The van der Waals surface area contributed by atoms with Gasteiger partial charge < -0.3 is 19.4 Å². The highest BCUT2D eigenvalue weighted by molar-refractivity contribution is 7.47. The van der Waals surface area contributed by atoms with Gasteiger partial charge in [0.25, 0.3) is 0 Å². The lowest BCUT2D eigenvalue weighted by molar-refractivity contribution is -0.870. The molecule has 82 heavy (non-hydrogen) atoms. The first-order valence-electron chi connectivity index (χ1n) is 35.8. The molecule has 0 fully saturated rings. The fraction of sp³-hybridized carbons (Fsp3) is 0.889. The highest BCUT2D eigenvalue weighted by atomic mass is 31.2. The van der Waals surface area contributed by atoms with E-state index in [1.807, 2.05) is 33.3 Å². The van der Waals surface area contributed by atoms with Gasteiger partial charge >= 0.3 is 13.8 Å². The van der Waals surface area contributed by atoms with Gasteiger partial charge in [0.1, 0.15) is 19.3 Å². The number of hydrogen-bond donors (Lipinski definition) is 2. The van der Waals surface area contributed by atoms with Crippen LogP contribution in [0.1, 0.15) is 361 Å². The summed E-state index contributed by atoms with van der Waals surface area (Å²) in [5.74, 6) is -0.484. The number of phosphoric ester groups is 1. The molecule has 0 aliphatic carbocycles. The number of esters is 1. The summed E-state index contributed by atoms with van der Waals surface area (Å²) in [6, 6.07) is -0.844. The zero-order valence-electron chi connectivity index (χ0n) is 55.5. The summed E-state index contributed by atoms with van der Waals surface area (Å²) in [6.07, 6.45) is 77.3. The van der Waals surface area contributed by atoms with Gasteiger partial charge in [-0.05, 0) is 63.9 Å². The fourth-order valence-corrected chi connectivity index (χ4v) is 11.5. The SMILES string of the molecule is CCCCC/C=C\C/C=C\CCCCCCCCCCCCCCCCCC(=O)OC(/C=C/CCCCCCCCCCCC)C(COP(=O)(O)OCC[N+](C)(C)C)NC(=O)CCCCCCCCCCCCCCCCCCCCC. The minimum absolute atomic E-state index is 0.0437.